The first-order valence-corrected chi connectivity index (χ1v) is 5.79. The highest BCUT2D eigenvalue weighted by atomic mass is 16.5. The summed E-state index contributed by atoms with van der Waals surface area (Å²) in [5, 5.41) is 0. The second kappa shape index (κ2) is 6.39. The highest BCUT2D eigenvalue weighted by molar-refractivity contribution is 5.25. The maximum atomic E-state index is 6.09. The van der Waals surface area contributed by atoms with Crippen molar-refractivity contribution >= 4 is 0 Å². The van der Waals surface area contributed by atoms with Crippen LogP contribution in [-0.4, -0.2) is 24.2 Å². The SMILES string of the molecule is COc1cnc(C(N)CCC(C)C)c(OC)n1. The van der Waals surface area contributed by atoms with Crippen molar-refractivity contribution in [2.75, 3.05) is 14.2 Å². The third-order valence-corrected chi connectivity index (χ3v) is 2.55. The standard InChI is InChI=1S/C12H21N3O2/c1-8(2)5-6-9(13)11-12(17-4)15-10(16-3)7-14-11/h7-9H,5-6,13H2,1-4H3. The molecule has 1 rings (SSSR count). The third-order valence-electron chi connectivity index (χ3n) is 2.55. The van der Waals surface area contributed by atoms with Gasteiger partial charge in [-0.25, -0.2) is 4.98 Å². The van der Waals surface area contributed by atoms with E-state index in [4.69, 9.17) is 15.2 Å². The van der Waals surface area contributed by atoms with Crippen LogP contribution < -0.4 is 15.2 Å². The highest BCUT2D eigenvalue weighted by Gasteiger charge is 2.16. The summed E-state index contributed by atoms with van der Waals surface area (Å²) in [5.74, 6) is 1.50. The fourth-order valence-electron chi connectivity index (χ4n) is 1.52. The second-order valence-corrected chi connectivity index (χ2v) is 4.38. The molecule has 0 saturated carbocycles. The van der Waals surface area contributed by atoms with E-state index >= 15 is 0 Å². The van der Waals surface area contributed by atoms with Gasteiger partial charge >= 0.3 is 0 Å². The number of methoxy groups -OCH3 is 2. The van der Waals surface area contributed by atoms with E-state index in [1.165, 1.54) is 0 Å². The Morgan fingerprint density at radius 3 is 2.47 bits per heavy atom. The zero-order valence-electron chi connectivity index (χ0n) is 10.9. The molecule has 1 heterocycles. The summed E-state index contributed by atoms with van der Waals surface area (Å²) in [6, 6.07) is -0.147. The zero-order valence-corrected chi connectivity index (χ0v) is 10.9. The number of nitrogens with two attached hydrogens (primary N) is 1. The molecule has 1 unspecified atom stereocenters. The number of nitrogens with zero attached hydrogens (tertiary/aromatic N) is 2. The molecule has 2 N–H and O–H groups in total. The third kappa shape index (κ3) is 3.85. The first-order valence-electron chi connectivity index (χ1n) is 5.79. The number of hydrogen-bond donors (Lipinski definition) is 1. The van der Waals surface area contributed by atoms with E-state index in [0.717, 1.165) is 12.8 Å². The number of rotatable bonds is 6. The van der Waals surface area contributed by atoms with Crippen LogP contribution in [0.3, 0.4) is 0 Å². The lowest BCUT2D eigenvalue weighted by Gasteiger charge is -2.15. The molecular formula is C12H21N3O2. The van der Waals surface area contributed by atoms with Crippen molar-refractivity contribution in [2.24, 2.45) is 11.7 Å². The van der Waals surface area contributed by atoms with Crippen LogP contribution in [0.25, 0.3) is 0 Å². The van der Waals surface area contributed by atoms with Crippen molar-refractivity contribution in [1.29, 1.82) is 0 Å². The summed E-state index contributed by atoms with van der Waals surface area (Å²) in [4.78, 5) is 8.43. The van der Waals surface area contributed by atoms with Crippen molar-refractivity contribution in [3.63, 3.8) is 0 Å². The molecule has 0 aliphatic rings. The van der Waals surface area contributed by atoms with E-state index in [1.807, 2.05) is 0 Å². The van der Waals surface area contributed by atoms with Gasteiger partial charge in [0.15, 0.2) is 0 Å². The molecule has 0 fully saturated rings. The van der Waals surface area contributed by atoms with E-state index in [2.05, 4.69) is 23.8 Å². The topological polar surface area (TPSA) is 70.3 Å². The molecule has 0 spiro atoms. The van der Waals surface area contributed by atoms with Crippen molar-refractivity contribution in [1.82, 2.24) is 9.97 Å². The lowest BCUT2D eigenvalue weighted by atomic mass is 10.0. The van der Waals surface area contributed by atoms with Crippen LogP contribution in [0, 0.1) is 5.92 Å². The smallest absolute Gasteiger partial charge is 0.240 e. The Balaban J connectivity index is 2.81. The van der Waals surface area contributed by atoms with Gasteiger partial charge in [-0.2, -0.15) is 4.98 Å². The molecule has 0 bridgehead atoms. The Morgan fingerprint density at radius 2 is 1.94 bits per heavy atom. The van der Waals surface area contributed by atoms with Gasteiger partial charge in [0.2, 0.25) is 11.8 Å². The molecule has 5 nitrogen and oxygen atoms in total. The van der Waals surface area contributed by atoms with Gasteiger partial charge in [0.25, 0.3) is 0 Å². The maximum absolute atomic E-state index is 6.09. The van der Waals surface area contributed by atoms with E-state index in [9.17, 15) is 0 Å². The average Bonchev–Trinajstić information content (AvgIpc) is 2.34. The molecule has 1 aromatic heterocycles. The summed E-state index contributed by atoms with van der Waals surface area (Å²) in [5.41, 5.74) is 6.78. The minimum atomic E-state index is -0.147. The Hall–Kier alpha value is -1.36. The van der Waals surface area contributed by atoms with Crippen molar-refractivity contribution in [3.05, 3.63) is 11.9 Å². The fraction of sp³-hybridized carbons (Fsp3) is 0.667. The lowest BCUT2D eigenvalue weighted by Crippen LogP contribution is -2.15. The van der Waals surface area contributed by atoms with Gasteiger partial charge in [-0.05, 0) is 18.8 Å². The number of hydrogen-bond acceptors (Lipinski definition) is 5. The predicted octanol–water partition coefficient (Wildman–Crippen LogP) is 1.93. The van der Waals surface area contributed by atoms with E-state index in [-0.39, 0.29) is 6.04 Å². The van der Waals surface area contributed by atoms with Crippen LogP contribution in [0.4, 0.5) is 0 Å². The Morgan fingerprint density at radius 1 is 1.24 bits per heavy atom. The van der Waals surface area contributed by atoms with Gasteiger partial charge in [-0.1, -0.05) is 13.8 Å². The van der Waals surface area contributed by atoms with Crippen molar-refractivity contribution < 1.29 is 9.47 Å². The molecule has 1 atom stereocenters. The molecule has 1 aromatic rings. The predicted molar refractivity (Wildman–Crippen MR) is 66.1 cm³/mol. The van der Waals surface area contributed by atoms with Gasteiger partial charge in [-0.3, -0.25) is 0 Å². The molecular weight excluding hydrogens is 218 g/mol. The maximum Gasteiger partial charge on any atom is 0.240 e. The largest absolute Gasteiger partial charge is 0.480 e. The molecule has 0 aliphatic carbocycles. The molecule has 96 valence electrons. The molecule has 0 aliphatic heterocycles. The molecule has 0 saturated heterocycles. The van der Waals surface area contributed by atoms with E-state index < -0.39 is 0 Å². The Kier molecular flexibility index (Phi) is 5.15. The summed E-state index contributed by atoms with van der Waals surface area (Å²) >= 11 is 0. The minimum absolute atomic E-state index is 0.147. The molecule has 0 aromatic carbocycles. The van der Waals surface area contributed by atoms with Gasteiger partial charge in [0.05, 0.1) is 26.5 Å². The quantitative estimate of drug-likeness (QED) is 0.821. The van der Waals surface area contributed by atoms with Crippen LogP contribution in [0.1, 0.15) is 38.4 Å². The van der Waals surface area contributed by atoms with Gasteiger partial charge in [0.1, 0.15) is 5.69 Å². The number of ether oxygens (including phenoxy) is 2. The van der Waals surface area contributed by atoms with Crippen molar-refractivity contribution in [3.8, 4) is 11.8 Å². The lowest BCUT2D eigenvalue weighted by molar-refractivity contribution is 0.351. The second-order valence-electron chi connectivity index (χ2n) is 4.38. The molecule has 0 radical (unpaired) electrons. The summed E-state index contributed by atoms with van der Waals surface area (Å²) in [6.45, 7) is 4.34. The first kappa shape index (κ1) is 13.7. The highest BCUT2D eigenvalue weighted by Crippen LogP contribution is 2.25. The van der Waals surface area contributed by atoms with Gasteiger partial charge < -0.3 is 15.2 Å². The van der Waals surface area contributed by atoms with Crippen molar-refractivity contribution in [2.45, 2.75) is 32.7 Å². The average molecular weight is 239 g/mol. The molecule has 5 heteroatoms. The summed E-state index contributed by atoms with van der Waals surface area (Å²) in [6.07, 6.45) is 3.49. The van der Waals surface area contributed by atoms with Crippen LogP contribution in [0.5, 0.6) is 11.8 Å². The van der Waals surface area contributed by atoms with Crippen LogP contribution in [-0.2, 0) is 0 Å². The fourth-order valence-corrected chi connectivity index (χ4v) is 1.52. The van der Waals surface area contributed by atoms with E-state index in [1.54, 1.807) is 20.4 Å². The first-order chi connectivity index (χ1) is 8.08. The van der Waals surface area contributed by atoms with Crippen LogP contribution in [0.15, 0.2) is 6.20 Å². The van der Waals surface area contributed by atoms with E-state index in [0.29, 0.717) is 23.4 Å². The van der Waals surface area contributed by atoms with Gasteiger partial charge in [-0.15, -0.1) is 0 Å². The summed E-state index contributed by atoms with van der Waals surface area (Å²) < 4.78 is 10.2. The zero-order chi connectivity index (χ0) is 12.8. The normalized spacial score (nSPS) is 12.6. The monoisotopic (exact) mass is 239 g/mol. The Bertz CT molecular complexity index is 356. The van der Waals surface area contributed by atoms with Gasteiger partial charge in [0, 0.05) is 0 Å². The number of aromatic nitrogens is 2. The summed E-state index contributed by atoms with van der Waals surface area (Å²) in [7, 11) is 3.10. The molecule has 17 heavy (non-hydrogen) atoms. The Labute approximate surface area is 102 Å². The minimum Gasteiger partial charge on any atom is -0.480 e. The van der Waals surface area contributed by atoms with Crippen LogP contribution in [0.2, 0.25) is 0 Å². The molecule has 0 amide bonds. The van der Waals surface area contributed by atoms with Crippen LogP contribution >= 0.6 is 0 Å².